The van der Waals surface area contributed by atoms with Crippen LogP contribution in [-0.2, 0) is 17.6 Å². The lowest BCUT2D eigenvalue weighted by molar-refractivity contribution is -0.137. The number of unbranched alkanes of at least 4 members (excludes halogenated alkanes) is 1. The van der Waals surface area contributed by atoms with E-state index in [-0.39, 0.29) is 18.4 Å². The number of carboxylic acids is 1. The highest BCUT2D eigenvalue weighted by atomic mass is 35.5. The molecule has 0 aliphatic heterocycles. The minimum Gasteiger partial charge on any atom is -0.481 e. The van der Waals surface area contributed by atoms with Crippen molar-refractivity contribution in [3.05, 3.63) is 94.1 Å². The molecule has 1 aliphatic carbocycles. The van der Waals surface area contributed by atoms with Gasteiger partial charge in [0.15, 0.2) is 0 Å². The third-order valence-corrected chi connectivity index (χ3v) is 7.35. The van der Waals surface area contributed by atoms with Crippen LogP contribution in [-0.4, -0.2) is 27.0 Å². The summed E-state index contributed by atoms with van der Waals surface area (Å²) in [5, 5.41) is 12.9. The molecule has 0 fully saturated rings. The van der Waals surface area contributed by atoms with E-state index in [1.54, 1.807) is 12.1 Å². The maximum absolute atomic E-state index is 13.3. The first-order valence-corrected chi connectivity index (χ1v) is 13.5. The van der Waals surface area contributed by atoms with Crippen LogP contribution in [0.15, 0.2) is 66.7 Å². The number of carbonyl (C=O) groups excluding carboxylic acids is 1. The van der Waals surface area contributed by atoms with Gasteiger partial charge in [-0.15, -0.1) is 0 Å². The molecule has 0 saturated heterocycles. The molecule has 0 unspecified atom stereocenters. The zero-order valence-electron chi connectivity index (χ0n) is 21.1. The SMILES string of the molecule is O=C(O)CCCCc1nc2cc(C(=O)N[C@@H]3CCCCc4ccccc43)ccc2nc1-c1ccc(Cl)cc1. The van der Waals surface area contributed by atoms with Crippen LogP contribution in [0.25, 0.3) is 22.3 Å². The molecule has 5 rings (SSSR count). The monoisotopic (exact) mass is 527 g/mol. The van der Waals surface area contributed by atoms with Gasteiger partial charge in [-0.2, -0.15) is 0 Å². The zero-order valence-corrected chi connectivity index (χ0v) is 21.9. The van der Waals surface area contributed by atoms with E-state index in [1.807, 2.05) is 36.4 Å². The van der Waals surface area contributed by atoms with Crippen LogP contribution >= 0.6 is 11.6 Å². The Morgan fingerprint density at radius 2 is 1.76 bits per heavy atom. The van der Waals surface area contributed by atoms with Crippen molar-refractivity contribution in [2.45, 2.75) is 57.4 Å². The molecule has 7 heteroatoms. The quantitative estimate of drug-likeness (QED) is 0.191. The number of hydrogen-bond donors (Lipinski definition) is 2. The van der Waals surface area contributed by atoms with Crippen LogP contribution in [0.3, 0.4) is 0 Å². The molecule has 1 heterocycles. The molecule has 4 aromatic rings. The van der Waals surface area contributed by atoms with Crippen molar-refractivity contribution < 1.29 is 14.7 Å². The molecule has 2 N–H and O–H groups in total. The lowest BCUT2D eigenvalue weighted by Gasteiger charge is -2.19. The molecular formula is C31H30ClN3O3. The van der Waals surface area contributed by atoms with Gasteiger partial charge < -0.3 is 10.4 Å². The number of benzene rings is 3. The number of carboxylic acid groups (broad SMARTS) is 1. The molecule has 6 nitrogen and oxygen atoms in total. The van der Waals surface area contributed by atoms with Crippen LogP contribution < -0.4 is 5.32 Å². The van der Waals surface area contributed by atoms with E-state index in [0.29, 0.717) is 40.9 Å². The van der Waals surface area contributed by atoms with E-state index >= 15 is 0 Å². The number of nitrogens with zero attached hydrogens (tertiary/aromatic N) is 2. The molecule has 38 heavy (non-hydrogen) atoms. The van der Waals surface area contributed by atoms with Gasteiger partial charge in [-0.25, -0.2) is 9.97 Å². The van der Waals surface area contributed by atoms with Crippen molar-refractivity contribution in [2.75, 3.05) is 0 Å². The molecule has 1 amide bonds. The summed E-state index contributed by atoms with van der Waals surface area (Å²) >= 11 is 6.09. The van der Waals surface area contributed by atoms with Crippen molar-refractivity contribution in [1.82, 2.24) is 15.3 Å². The van der Waals surface area contributed by atoms with Gasteiger partial charge >= 0.3 is 5.97 Å². The second kappa shape index (κ2) is 11.7. The van der Waals surface area contributed by atoms with Gasteiger partial charge in [0.05, 0.1) is 28.5 Å². The topological polar surface area (TPSA) is 92.2 Å². The molecule has 0 spiro atoms. The number of halogens is 1. The number of fused-ring (bicyclic) bond motifs is 2. The molecule has 0 bridgehead atoms. The molecule has 0 radical (unpaired) electrons. The summed E-state index contributed by atoms with van der Waals surface area (Å²) < 4.78 is 0. The molecule has 3 aromatic carbocycles. The maximum Gasteiger partial charge on any atom is 0.303 e. The van der Waals surface area contributed by atoms with Crippen LogP contribution in [0.5, 0.6) is 0 Å². The van der Waals surface area contributed by atoms with Crippen molar-refractivity contribution in [2.24, 2.45) is 0 Å². The van der Waals surface area contributed by atoms with Gasteiger partial charge in [0.25, 0.3) is 5.91 Å². The summed E-state index contributed by atoms with van der Waals surface area (Å²) in [5.41, 5.74) is 6.82. The third-order valence-electron chi connectivity index (χ3n) is 7.10. The number of aromatic nitrogens is 2. The van der Waals surface area contributed by atoms with E-state index in [2.05, 4.69) is 23.5 Å². The normalized spacial score (nSPS) is 15.0. The minimum absolute atomic E-state index is 0.0138. The molecule has 194 valence electrons. The minimum atomic E-state index is -0.806. The van der Waals surface area contributed by atoms with Gasteiger partial charge in [0.2, 0.25) is 0 Å². The Labute approximate surface area is 227 Å². The number of nitrogens with one attached hydrogen (secondary N) is 1. The van der Waals surface area contributed by atoms with Gasteiger partial charge in [-0.1, -0.05) is 54.4 Å². The van der Waals surface area contributed by atoms with Crippen molar-refractivity contribution in [1.29, 1.82) is 0 Å². The Balaban J connectivity index is 1.44. The van der Waals surface area contributed by atoms with E-state index < -0.39 is 5.97 Å². The van der Waals surface area contributed by atoms with Gasteiger partial charge in [-0.3, -0.25) is 9.59 Å². The largest absolute Gasteiger partial charge is 0.481 e. The number of carbonyl (C=O) groups is 2. The van der Waals surface area contributed by atoms with Gasteiger partial charge in [0.1, 0.15) is 0 Å². The fourth-order valence-corrected chi connectivity index (χ4v) is 5.25. The highest BCUT2D eigenvalue weighted by Gasteiger charge is 2.21. The fourth-order valence-electron chi connectivity index (χ4n) is 5.13. The highest BCUT2D eigenvalue weighted by molar-refractivity contribution is 6.30. The van der Waals surface area contributed by atoms with Gasteiger partial charge in [0, 0.05) is 22.6 Å². The molecule has 0 saturated carbocycles. The van der Waals surface area contributed by atoms with Crippen molar-refractivity contribution in [3.63, 3.8) is 0 Å². The summed E-state index contributed by atoms with van der Waals surface area (Å²) in [6.45, 7) is 0. The molecular weight excluding hydrogens is 498 g/mol. The first-order valence-electron chi connectivity index (χ1n) is 13.1. The van der Waals surface area contributed by atoms with Crippen LogP contribution in [0.2, 0.25) is 5.02 Å². The predicted octanol–water partition coefficient (Wildman–Crippen LogP) is 6.95. The first kappa shape index (κ1) is 25.9. The van der Waals surface area contributed by atoms with Crippen LogP contribution in [0.4, 0.5) is 0 Å². The molecule has 1 aromatic heterocycles. The van der Waals surface area contributed by atoms with Crippen molar-refractivity contribution >= 4 is 34.5 Å². The number of hydrogen-bond acceptors (Lipinski definition) is 4. The fraction of sp³-hybridized carbons (Fsp3) is 0.290. The van der Waals surface area contributed by atoms with E-state index in [0.717, 1.165) is 42.6 Å². The molecule has 1 atom stereocenters. The Hall–Kier alpha value is -3.77. The second-order valence-corrected chi connectivity index (χ2v) is 10.2. The van der Waals surface area contributed by atoms with Crippen LogP contribution in [0.1, 0.15) is 71.7 Å². The summed E-state index contributed by atoms with van der Waals surface area (Å²) in [5.74, 6) is -0.931. The smallest absolute Gasteiger partial charge is 0.303 e. The second-order valence-electron chi connectivity index (χ2n) is 9.80. The van der Waals surface area contributed by atoms with E-state index in [9.17, 15) is 9.59 Å². The average Bonchev–Trinajstić information content (AvgIpc) is 3.13. The lowest BCUT2D eigenvalue weighted by Crippen LogP contribution is -2.28. The molecule has 1 aliphatic rings. The number of aryl methyl sites for hydroxylation is 2. The summed E-state index contributed by atoms with van der Waals surface area (Å²) in [6, 6.07) is 21.2. The van der Waals surface area contributed by atoms with E-state index in [1.165, 1.54) is 11.1 Å². The lowest BCUT2D eigenvalue weighted by atomic mass is 9.98. The number of aliphatic carboxylic acids is 1. The number of rotatable bonds is 8. The standard InChI is InChI=1S/C31H30ClN3O3/c32-23-16-13-21(14-17-23)30-27(11-5-6-12-29(36)37)33-28-19-22(15-18-26(28)34-30)31(38)35-25-10-4-2-8-20-7-1-3-9-24(20)25/h1,3,7,9,13-19,25H,2,4-6,8,10-12H2,(H,35,38)(H,36,37)/t25-/m1/s1. The zero-order chi connectivity index (χ0) is 26.5. The maximum atomic E-state index is 13.3. The average molecular weight is 528 g/mol. The Bertz CT molecular complexity index is 1470. The van der Waals surface area contributed by atoms with Crippen molar-refractivity contribution in [3.8, 4) is 11.3 Å². The number of amides is 1. The summed E-state index contributed by atoms with van der Waals surface area (Å²) in [6.07, 6.45) is 6.09. The predicted molar refractivity (Wildman–Crippen MR) is 149 cm³/mol. The Morgan fingerprint density at radius 3 is 2.58 bits per heavy atom. The van der Waals surface area contributed by atoms with Gasteiger partial charge in [-0.05, 0) is 80.0 Å². The summed E-state index contributed by atoms with van der Waals surface area (Å²) in [4.78, 5) is 34.1. The highest BCUT2D eigenvalue weighted by Crippen LogP contribution is 2.30. The van der Waals surface area contributed by atoms with Crippen LogP contribution in [0, 0.1) is 0 Å². The van der Waals surface area contributed by atoms with E-state index in [4.69, 9.17) is 26.7 Å². The Morgan fingerprint density at radius 1 is 0.947 bits per heavy atom. The third kappa shape index (κ3) is 6.03. The Kier molecular flexibility index (Phi) is 7.99. The summed E-state index contributed by atoms with van der Waals surface area (Å²) in [7, 11) is 0. The first-order chi connectivity index (χ1) is 18.5.